The van der Waals surface area contributed by atoms with Crippen molar-refractivity contribution in [3.8, 4) is 11.5 Å². The van der Waals surface area contributed by atoms with Crippen molar-refractivity contribution in [2.24, 2.45) is 4.99 Å². The van der Waals surface area contributed by atoms with Crippen molar-refractivity contribution in [2.75, 3.05) is 19.0 Å². The molecular weight excluding hydrogens is 486 g/mol. The summed E-state index contributed by atoms with van der Waals surface area (Å²) in [5.74, 6) is -0.643. The highest BCUT2D eigenvalue weighted by molar-refractivity contribution is 8.15. The van der Waals surface area contributed by atoms with Crippen LogP contribution in [0.15, 0.2) is 47.5 Å². The van der Waals surface area contributed by atoms with E-state index in [1.807, 2.05) is 6.92 Å². The molecule has 1 aliphatic rings. The van der Waals surface area contributed by atoms with Crippen LogP contribution in [0, 0.1) is 10.1 Å². The van der Waals surface area contributed by atoms with Crippen molar-refractivity contribution in [2.45, 2.75) is 31.6 Å². The molecule has 2 aromatic carbocycles. The Labute approximate surface area is 203 Å². The topological polar surface area (TPSA) is 123 Å². The van der Waals surface area contributed by atoms with E-state index >= 15 is 0 Å². The molecule has 1 aliphatic heterocycles. The summed E-state index contributed by atoms with van der Waals surface area (Å²) in [4.78, 5) is 42.2. The second kappa shape index (κ2) is 11.6. The molecule has 1 atom stereocenters. The van der Waals surface area contributed by atoms with E-state index in [4.69, 9.17) is 4.74 Å². The number of amides is 2. The molecule has 13 heteroatoms. The standard InChI is InChI=1S/C22H22F2N4O6S/c1-3-10-27-20(30)18(35-22(27)25-13-4-6-14(7-5-13)34-21(23)24)12-19(29)26-16-9-8-15(33-2)11-17(16)28(31)32/h4-9,11,18,21H,3,10,12H2,1-2H3,(H,26,29)/t18-/m0/s1. The normalized spacial score (nSPS) is 16.6. The Morgan fingerprint density at radius 1 is 1.26 bits per heavy atom. The van der Waals surface area contributed by atoms with E-state index in [0.29, 0.717) is 23.8 Å². The third-order valence-electron chi connectivity index (χ3n) is 4.80. The van der Waals surface area contributed by atoms with E-state index in [1.165, 1.54) is 54.5 Å². The summed E-state index contributed by atoms with van der Waals surface area (Å²) in [5, 5.41) is 13.4. The smallest absolute Gasteiger partial charge is 0.387 e. The van der Waals surface area contributed by atoms with Gasteiger partial charge in [0.15, 0.2) is 5.17 Å². The van der Waals surface area contributed by atoms with Gasteiger partial charge in [0.2, 0.25) is 11.8 Å². The fraction of sp³-hybridized carbons (Fsp3) is 0.318. The van der Waals surface area contributed by atoms with Crippen LogP contribution >= 0.6 is 11.8 Å². The van der Waals surface area contributed by atoms with Crippen molar-refractivity contribution < 1.29 is 32.8 Å². The number of nitro groups is 1. The molecule has 0 aliphatic carbocycles. The summed E-state index contributed by atoms with van der Waals surface area (Å²) in [7, 11) is 1.37. The largest absolute Gasteiger partial charge is 0.496 e. The minimum absolute atomic E-state index is 0.0124. The maximum Gasteiger partial charge on any atom is 0.387 e. The number of rotatable bonds is 10. The first-order chi connectivity index (χ1) is 16.7. The van der Waals surface area contributed by atoms with Crippen molar-refractivity contribution in [1.29, 1.82) is 0 Å². The number of benzene rings is 2. The van der Waals surface area contributed by atoms with E-state index in [-0.39, 0.29) is 35.2 Å². The SMILES string of the molecule is CCCN1C(=O)[C@H](CC(=O)Nc2ccc(OC)cc2[N+](=O)[O-])SC1=Nc1ccc(OC(F)F)cc1. The zero-order valence-electron chi connectivity index (χ0n) is 18.8. The molecule has 186 valence electrons. The number of amidine groups is 1. The van der Waals surface area contributed by atoms with Crippen molar-refractivity contribution in [1.82, 2.24) is 4.90 Å². The minimum atomic E-state index is -2.94. The zero-order chi connectivity index (χ0) is 25.5. The second-order valence-corrected chi connectivity index (χ2v) is 8.43. The minimum Gasteiger partial charge on any atom is -0.496 e. The fourth-order valence-electron chi connectivity index (χ4n) is 3.23. The lowest BCUT2D eigenvalue weighted by atomic mass is 10.2. The number of nitrogens with zero attached hydrogens (tertiary/aromatic N) is 3. The predicted molar refractivity (Wildman–Crippen MR) is 126 cm³/mol. The molecule has 2 aromatic rings. The Morgan fingerprint density at radius 2 is 1.94 bits per heavy atom. The summed E-state index contributed by atoms with van der Waals surface area (Å²) in [6.07, 6.45) is 0.413. The highest BCUT2D eigenvalue weighted by Gasteiger charge is 2.39. The van der Waals surface area contributed by atoms with Gasteiger partial charge in [-0.15, -0.1) is 0 Å². The molecule has 1 N–H and O–H groups in total. The predicted octanol–water partition coefficient (Wildman–Crippen LogP) is 4.58. The van der Waals surface area contributed by atoms with Gasteiger partial charge in [-0.3, -0.25) is 24.6 Å². The van der Waals surface area contributed by atoms with Crippen LogP contribution in [0.5, 0.6) is 11.5 Å². The third kappa shape index (κ3) is 6.66. The van der Waals surface area contributed by atoms with Gasteiger partial charge in [0.25, 0.3) is 5.69 Å². The molecule has 0 saturated carbocycles. The van der Waals surface area contributed by atoms with E-state index in [9.17, 15) is 28.5 Å². The molecule has 0 bridgehead atoms. The van der Waals surface area contributed by atoms with Gasteiger partial charge in [0.1, 0.15) is 22.4 Å². The van der Waals surface area contributed by atoms with E-state index in [2.05, 4.69) is 15.0 Å². The Balaban J connectivity index is 1.74. The van der Waals surface area contributed by atoms with Crippen LogP contribution in [0.1, 0.15) is 19.8 Å². The number of ether oxygens (including phenoxy) is 2. The van der Waals surface area contributed by atoms with Gasteiger partial charge in [-0.05, 0) is 42.8 Å². The number of alkyl halides is 2. The molecule has 1 fully saturated rings. The molecule has 0 unspecified atom stereocenters. The van der Waals surface area contributed by atoms with Crippen LogP contribution in [0.2, 0.25) is 0 Å². The maximum absolute atomic E-state index is 12.9. The van der Waals surface area contributed by atoms with Crippen LogP contribution in [0.3, 0.4) is 0 Å². The van der Waals surface area contributed by atoms with Gasteiger partial charge in [0.05, 0.1) is 23.8 Å². The number of thioether (sulfide) groups is 1. The fourth-order valence-corrected chi connectivity index (χ4v) is 4.42. The number of hydrogen-bond acceptors (Lipinski definition) is 8. The summed E-state index contributed by atoms with van der Waals surface area (Å²) in [5.41, 5.74) is 0.0702. The molecule has 2 amide bonds. The molecule has 3 rings (SSSR count). The van der Waals surface area contributed by atoms with E-state index in [0.717, 1.165) is 11.8 Å². The highest BCUT2D eigenvalue weighted by atomic mass is 32.2. The first kappa shape index (κ1) is 25.9. The number of hydrogen-bond donors (Lipinski definition) is 1. The monoisotopic (exact) mass is 508 g/mol. The number of nitrogens with one attached hydrogen (secondary N) is 1. The van der Waals surface area contributed by atoms with Gasteiger partial charge < -0.3 is 14.8 Å². The molecule has 0 spiro atoms. The molecule has 10 nitrogen and oxygen atoms in total. The van der Waals surface area contributed by atoms with E-state index in [1.54, 1.807) is 0 Å². The van der Waals surface area contributed by atoms with Crippen LogP contribution in [-0.2, 0) is 9.59 Å². The van der Waals surface area contributed by atoms with Gasteiger partial charge in [-0.1, -0.05) is 18.7 Å². The molecule has 35 heavy (non-hydrogen) atoms. The number of carbonyl (C=O) groups is 2. The number of nitro benzene ring substituents is 1. The van der Waals surface area contributed by atoms with Crippen LogP contribution in [0.4, 0.5) is 25.8 Å². The van der Waals surface area contributed by atoms with E-state index < -0.39 is 22.7 Å². The lowest BCUT2D eigenvalue weighted by Gasteiger charge is -2.15. The summed E-state index contributed by atoms with van der Waals surface area (Å²) < 4.78 is 34.0. The Morgan fingerprint density at radius 3 is 2.54 bits per heavy atom. The number of anilines is 1. The van der Waals surface area contributed by atoms with Crippen LogP contribution in [-0.4, -0.2) is 52.3 Å². The number of halogens is 2. The lowest BCUT2D eigenvalue weighted by Crippen LogP contribution is -2.34. The molecule has 1 saturated heterocycles. The van der Waals surface area contributed by atoms with Gasteiger partial charge in [-0.25, -0.2) is 4.99 Å². The number of carbonyl (C=O) groups excluding carboxylic acids is 2. The Hall–Kier alpha value is -3.74. The zero-order valence-corrected chi connectivity index (χ0v) is 19.6. The number of methoxy groups -OCH3 is 1. The Bertz CT molecular complexity index is 1130. The maximum atomic E-state index is 12.9. The second-order valence-electron chi connectivity index (χ2n) is 7.26. The number of aliphatic imine (C=N–C) groups is 1. The van der Waals surface area contributed by atoms with Gasteiger partial charge in [0, 0.05) is 13.0 Å². The summed E-state index contributed by atoms with van der Waals surface area (Å²) in [6.45, 7) is -0.685. The highest BCUT2D eigenvalue weighted by Crippen LogP contribution is 2.34. The average molecular weight is 509 g/mol. The van der Waals surface area contributed by atoms with Crippen LogP contribution in [0.25, 0.3) is 0 Å². The summed E-state index contributed by atoms with van der Waals surface area (Å²) >= 11 is 1.09. The lowest BCUT2D eigenvalue weighted by molar-refractivity contribution is -0.384. The first-order valence-electron chi connectivity index (χ1n) is 10.5. The quantitative estimate of drug-likeness (QED) is 0.368. The average Bonchev–Trinajstić information content (AvgIpc) is 3.09. The van der Waals surface area contributed by atoms with Crippen molar-refractivity contribution in [3.63, 3.8) is 0 Å². The van der Waals surface area contributed by atoms with Crippen molar-refractivity contribution in [3.05, 3.63) is 52.6 Å². The first-order valence-corrected chi connectivity index (χ1v) is 11.3. The Kier molecular flexibility index (Phi) is 8.58. The van der Waals surface area contributed by atoms with Gasteiger partial charge >= 0.3 is 6.61 Å². The van der Waals surface area contributed by atoms with Crippen molar-refractivity contribution >= 4 is 45.8 Å². The molecular formula is C22H22F2N4O6S. The third-order valence-corrected chi connectivity index (χ3v) is 5.98. The molecule has 0 aromatic heterocycles. The molecule has 0 radical (unpaired) electrons. The van der Waals surface area contributed by atoms with Crippen LogP contribution < -0.4 is 14.8 Å². The molecule has 1 heterocycles. The summed E-state index contributed by atoms with van der Waals surface area (Å²) in [6, 6.07) is 9.65. The van der Waals surface area contributed by atoms with Gasteiger partial charge in [-0.2, -0.15) is 8.78 Å².